The lowest BCUT2D eigenvalue weighted by Gasteiger charge is -2.48. The molecule has 138 valence electrons. The number of rotatable bonds is 6. The van der Waals surface area contributed by atoms with E-state index in [0.29, 0.717) is 11.4 Å². The van der Waals surface area contributed by atoms with Gasteiger partial charge in [0, 0.05) is 30.1 Å². The van der Waals surface area contributed by atoms with E-state index >= 15 is 0 Å². The predicted octanol–water partition coefficient (Wildman–Crippen LogP) is 3.07. The number of thioether (sulfide) groups is 1. The highest BCUT2D eigenvalue weighted by atomic mass is 32.2. The van der Waals surface area contributed by atoms with Gasteiger partial charge in [-0.1, -0.05) is 31.4 Å². The second kappa shape index (κ2) is 9.01. The number of ether oxygens (including phenoxy) is 1. The summed E-state index contributed by atoms with van der Waals surface area (Å²) in [4.78, 5) is 15.3. The van der Waals surface area contributed by atoms with Crippen molar-refractivity contribution >= 4 is 17.7 Å². The van der Waals surface area contributed by atoms with Crippen LogP contribution in [0.3, 0.4) is 0 Å². The van der Waals surface area contributed by atoms with Crippen molar-refractivity contribution < 1.29 is 13.9 Å². The molecule has 1 amide bonds. The zero-order valence-electron chi connectivity index (χ0n) is 14.6. The van der Waals surface area contributed by atoms with E-state index in [1.807, 2.05) is 0 Å². The molecule has 0 atom stereocenters. The number of hydrogen-bond acceptors (Lipinski definition) is 4. The van der Waals surface area contributed by atoms with Gasteiger partial charge in [0.25, 0.3) is 0 Å². The van der Waals surface area contributed by atoms with Crippen LogP contribution in [-0.2, 0) is 9.53 Å². The summed E-state index contributed by atoms with van der Waals surface area (Å²) in [5, 5.41) is 3.12. The van der Waals surface area contributed by atoms with Gasteiger partial charge < -0.3 is 10.1 Å². The van der Waals surface area contributed by atoms with Crippen molar-refractivity contribution in [2.75, 3.05) is 38.6 Å². The Kier molecular flexibility index (Phi) is 6.73. The molecule has 1 aliphatic heterocycles. The number of nitrogens with zero attached hydrogens (tertiary/aromatic N) is 1. The number of amides is 1. The van der Waals surface area contributed by atoms with Gasteiger partial charge in [-0.25, -0.2) is 4.39 Å². The zero-order valence-corrected chi connectivity index (χ0v) is 15.5. The van der Waals surface area contributed by atoms with Crippen molar-refractivity contribution in [3.8, 4) is 0 Å². The molecule has 1 aromatic carbocycles. The Balaban J connectivity index is 1.53. The minimum Gasteiger partial charge on any atom is -0.379 e. The second-order valence-electron chi connectivity index (χ2n) is 6.88. The third kappa shape index (κ3) is 4.96. The van der Waals surface area contributed by atoms with E-state index in [1.165, 1.54) is 37.1 Å². The van der Waals surface area contributed by atoms with Gasteiger partial charge in [0.05, 0.1) is 19.0 Å². The van der Waals surface area contributed by atoms with Gasteiger partial charge in [-0.3, -0.25) is 9.69 Å². The summed E-state index contributed by atoms with van der Waals surface area (Å²) < 4.78 is 19.1. The summed E-state index contributed by atoms with van der Waals surface area (Å²) in [6.45, 7) is 4.13. The molecule has 2 aliphatic rings. The van der Waals surface area contributed by atoms with Crippen LogP contribution in [0.5, 0.6) is 0 Å². The monoisotopic (exact) mass is 366 g/mol. The largest absolute Gasteiger partial charge is 0.379 e. The van der Waals surface area contributed by atoms with Gasteiger partial charge >= 0.3 is 0 Å². The zero-order chi connectivity index (χ0) is 17.5. The van der Waals surface area contributed by atoms with Crippen molar-refractivity contribution in [3.63, 3.8) is 0 Å². The van der Waals surface area contributed by atoms with E-state index < -0.39 is 0 Å². The Labute approximate surface area is 153 Å². The first-order valence-electron chi connectivity index (χ1n) is 9.16. The van der Waals surface area contributed by atoms with Gasteiger partial charge in [-0.05, 0) is 25.0 Å². The smallest absolute Gasteiger partial charge is 0.230 e. The molecule has 25 heavy (non-hydrogen) atoms. The number of morpholine rings is 1. The van der Waals surface area contributed by atoms with Crippen LogP contribution in [0.25, 0.3) is 0 Å². The Bertz CT molecular complexity index is 572. The van der Waals surface area contributed by atoms with Crippen LogP contribution in [0.1, 0.15) is 32.1 Å². The highest BCUT2D eigenvalue weighted by molar-refractivity contribution is 8.00. The van der Waals surface area contributed by atoms with Crippen LogP contribution in [-0.4, -0.2) is 54.9 Å². The molecule has 0 aromatic heterocycles. The predicted molar refractivity (Wildman–Crippen MR) is 98.3 cm³/mol. The van der Waals surface area contributed by atoms with E-state index in [0.717, 1.165) is 39.1 Å². The molecule has 1 saturated carbocycles. The molecule has 0 spiro atoms. The van der Waals surface area contributed by atoms with Gasteiger partial charge in [-0.15, -0.1) is 11.8 Å². The first kappa shape index (κ1) is 18.7. The number of benzene rings is 1. The topological polar surface area (TPSA) is 41.6 Å². The quantitative estimate of drug-likeness (QED) is 0.786. The molecule has 1 heterocycles. The minimum absolute atomic E-state index is 0.0218. The van der Waals surface area contributed by atoms with Crippen LogP contribution < -0.4 is 5.32 Å². The lowest BCUT2D eigenvalue weighted by molar-refractivity contribution is -0.119. The van der Waals surface area contributed by atoms with E-state index in [-0.39, 0.29) is 23.0 Å². The molecule has 1 aliphatic carbocycles. The summed E-state index contributed by atoms with van der Waals surface area (Å²) in [5.74, 6) is -0.0380. The van der Waals surface area contributed by atoms with Crippen LogP contribution in [0.4, 0.5) is 4.39 Å². The maximum absolute atomic E-state index is 13.6. The molecule has 2 fully saturated rings. The lowest BCUT2D eigenvalue weighted by atomic mass is 9.79. The summed E-state index contributed by atoms with van der Waals surface area (Å²) in [6, 6.07) is 6.59. The van der Waals surface area contributed by atoms with E-state index in [9.17, 15) is 9.18 Å². The fourth-order valence-electron chi connectivity index (χ4n) is 3.87. The Morgan fingerprint density at radius 1 is 1.20 bits per heavy atom. The Morgan fingerprint density at radius 2 is 1.92 bits per heavy atom. The Morgan fingerprint density at radius 3 is 2.64 bits per heavy atom. The van der Waals surface area contributed by atoms with Crippen LogP contribution >= 0.6 is 11.8 Å². The average Bonchev–Trinajstić information content (AvgIpc) is 2.67. The standard InChI is InChI=1S/C19H27FN2O2S/c20-16-6-2-3-7-17(16)25-14-18(23)21-15-19(8-4-1-5-9-19)22-10-12-24-13-11-22/h2-3,6-7H,1,4-5,8-15H2,(H,21,23). The Hall–Kier alpha value is -1.11. The lowest BCUT2D eigenvalue weighted by Crippen LogP contribution is -2.59. The summed E-state index contributed by atoms with van der Waals surface area (Å²) in [5.41, 5.74) is 0.0698. The first-order valence-corrected chi connectivity index (χ1v) is 10.2. The van der Waals surface area contributed by atoms with Crippen molar-refractivity contribution in [2.45, 2.75) is 42.5 Å². The molecule has 0 bridgehead atoms. The third-order valence-corrected chi connectivity index (χ3v) is 6.32. The molecule has 1 saturated heterocycles. The number of nitrogens with one attached hydrogen (secondary N) is 1. The summed E-state index contributed by atoms with van der Waals surface area (Å²) in [7, 11) is 0. The molecular formula is C19H27FN2O2S. The van der Waals surface area contributed by atoms with Crippen molar-refractivity contribution in [1.29, 1.82) is 0 Å². The highest BCUT2D eigenvalue weighted by Crippen LogP contribution is 2.34. The van der Waals surface area contributed by atoms with Crippen molar-refractivity contribution in [2.24, 2.45) is 0 Å². The maximum Gasteiger partial charge on any atom is 0.230 e. The number of carbonyl (C=O) groups is 1. The fourth-order valence-corrected chi connectivity index (χ4v) is 4.64. The molecule has 3 rings (SSSR count). The molecule has 0 unspecified atom stereocenters. The summed E-state index contributed by atoms with van der Waals surface area (Å²) in [6.07, 6.45) is 5.99. The maximum atomic E-state index is 13.6. The number of carbonyl (C=O) groups excluding carboxylic acids is 1. The third-order valence-electron chi connectivity index (χ3n) is 5.28. The van der Waals surface area contributed by atoms with Gasteiger partial charge in [0.2, 0.25) is 5.91 Å². The van der Waals surface area contributed by atoms with Crippen LogP contribution in [0, 0.1) is 5.82 Å². The SMILES string of the molecule is O=C(CSc1ccccc1F)NCC1(N2CCOCC2)CCCCC1. The molecule has 1 N–H and O–H groups in total. The average molecular weight is 367 g/mol. The molecule has 0 radical (unpaired) electrons. The molecule has 6 heteroatoms. The molecule has 1 aromatic rings. The van der Waals surface area contributed by atoms with Gasteiger partial charge in [0.15, 0.2) is 0 Å². The molecular weight excluding hydrogens is 339 g/mol. The second-order valence-corrected chi connectivity index (χ2v) is 7.90. The number of halogens is 1. The van der Waals surface area contributed by atoms with Crippen molar-refractivity contribution in [3.05, 3.63) is 30.1 Å². The van der Waals surface area contributed by atoms with Gasteiger partial charge in [-0.2, -0.15) is 0 Å². The van der Waals surface area contributed by atoms with Crippen LogP contribution in [0.15, 0.2) is 29.2 Å². The van der Waals surface area contributed by atoms with E-state index in [4.69, 9.17) is 4.74 Å². The van der Waals surface area contributed by atoms with Crippen molar-refractivity contribution in [1.82, 2.24) is 10.2 Å². The number of hydrogen-bond donors (Lipinski definition) is 1. The first-order chi connectivity index (χ1) is 12.2. The van der Waals surface area contributed by atoms with E-state index in [1.54, 1.807) is 18.2 Å². The fraction of sp³-hybridized carbons (Fsp3) is 0.632. The summed E-state index contributed by atoms with van der Waals surface area (Å²) >= 11 is 1.26. The molecule has 4 nitrogen and oxygen atoms in total. The highest BCUT2D eigenvalue weighted by Gasteiger charge is 2.38. The van der Waals surface area contributed by atoms with E-state index in [2.05, 4.69) is 10.2 Å². The van der Waals surface area contributed by atoms with Crippen LogP contribution in [0.2, 0.25) is 0 Å². The van der Waals surface area contributed by atoms with Gasteiger partial charge in [0.1, 0.15) is 5.82 Å². The normalized spacial score (nSPS) is 21.0. The minimum atomic E-state index is -0.266.